The van der Waals surface area contributed by atoms with Crippen molar-refractivity contribution in [2.24, 2.45) is 0 Å². The van der Waals surface area contributed by atoms with Crippen molar-refractivity contribution in [2.45, 2.75) is 83.3 Å². The maximum Gasteiger partial charge on any atom is 0.498 e. The molecule has 0 atom stereocenters. The quantitative estimate of drug-likeness (QED) is 0.768. The predicted molar refractivity (Wildman–Crippen MR) is 94.8 cm³/mol. The summed E-state index contributed by atoms with van der Waals surface area (Å²) in [6.07, 6.45) is 5.81. The Hall–Kier alpha value is -0.885. The van der Waals surface area contributed by atoms with Gasteiger partial charge in [-0.05, 0) is 47.5 Å². The molecule has 1 saturated carbocycles. The third kappa shape index (κ3) is 2.85. The van der Waals surface area contributed by atoms with Crippen LogP contribution in [0.25, 0.3) is 0 Å². The number of hydrogen-bond donors (Lipinski definition) is 0. The summed E-state index contributed by atoms with van der Waals surface area (Å²) in [6, 6.07) is 0.384. The van der Waals surface area contributed by atoms with Gasteiger partial charge in [0.15, 0.2) is 5.79 Å². The minimum Gasteiger partial charge on any atom is -0.399 e. The van der Waals surface area contributed by atoms with E-state index < -0.39 is 0 Å². The second kappa shape index (κ2) is 5.81. The van der Waals surface area contributed by atoms with Gasteiger partial charge in [0.1, 0.15) is 0 Å². The van der Waals surface area contributed by atoms with Crippen LogP contribution in [0.1, 0.15) is 65.1 Å². The van der Waals surface area contributed by atoms with Crippen LogP contribution in [0.2, 0.25) is 0 Å². The monoisotopic (exact) mass is 348 g/mol. The number of hydrogen-bond acceptors (Lipinski definition) is 5. The summed E-state index contributed by atoms with van der Waals surface area (Å²) < 4.78 is 26.2. The van der Waals surface area contributed by atoms with E-state index in [4.69, 9.17) is 18.8 Å². The molecule has 2 aliphatic heterocycles. The van der Waals surface area contributed by atoms with E-state index in [2.05, 4.69) is 44.4 Å². The number of aromatic nitrogens is 2. The fraction of sp³-hybridized carbons (Fsp3) is 0.833. The largest absolute Gasteiger partial charge is 0.498 e. The molecule has 0 N–H and O–H groups in total. The third-order valence-electron chi connectivity index (χ3n) is 6.47. The molecule has 138 valence electrons. The van der Waals surface area contributed by atoms with Crippen molar-refractivity contribution in [2.75, 3.05) is 13.2 Å². The highest BCUT2D eigenvalue weighted by Crippen LogP contribution is 2.41. The van der Waals surface area contributed by atoms with Gasteiger partial charge in [0.25, 0.3) is 0 Å². The molecule has 1 aromatic heterocycles. The molecule has 0 unspecified atom stereocenters. The van der Waals surface area contributed by atoms with Gasteiger partial charge in [-0.15, -0.1) is 0 Å². The van der Waals surface area contributed by atoms with E-state index in [1.807, 2.05) is 6.20 Å². The Morgan fingerprint density at radius 2 is 1.60 bits per heavy atom. The lowest BCUT2D eigenvalue weighted by Crippen LogP contribution is -2.41. The highest BCUT2D eigenvalue weighted by atomic mass is 16.7. The summed E-state index contributed by atoms with van der Waals surface area (Å²) in [4.78, 5) is 0. The summed E-state index contributed by atoms with van der Waals surface area (Å²) in [5, 5.41) is 4.67. The molecular weight excluding hydrogens is 319 g/mol. The van der Waals surface area contributed by atoms with Crippen molar-refractivity contribution in [1.82, 2.24) is 9.78 Å². The Morgan fingerprint density at radius 1 is 1.04 bits per heavy atom. The fourth-order valence-corrected chi connectivity index (χ4v) is 4.08. The van der Waals surface area contributed by atoms with Gasteiger partial charge in [0.2, 0.25) is 0 Å². The molecule has 7 heteroatoms. The Kier molecular flexibility index (Phi) is 4.07. The van der Waals surface area contributed by atoms with E-state index in [0.29, 0.717) is 6.04 Å². The van der Waals surface area contributed by atoms with Crippen molar-refractivity contribution in [3.63, 3.8) is 0 Å². The SMILES string of the molecule is Cc1c(B2OC(C)(C)C(C)(C)O2)cnn1C1CCC2(CC1)OCCO2. The predicted octanol–water partition coefficient (Wildman–Crippen LogP) is 2.35. The Labute approximate surface area is 150 Å². The Balaban J connectivity index is 1.49. The van der Waals surface area contributed by atoms with Crippen molar-refractivity contribution >= 4 is 12.6 Å². The highest BCUT2D eigenvalue weighted by Gasteiger charge is 2.52. The van der Waals surface area contributed by atoms with Crippen molar-refractivity contribution in [3.8, 4) is 0 Å². The Morgan fingerprint density at radius 3 is 2.16 bits per heavy atom. The van der Waals surface area contributed by atoms with Gasteiger partial charge in [-0.3, -0.25) is 4.68 Å². The molecule has 3 heterocycles. The standard InChI is InChI=1S/C18H29BN2O4/c1-13-15(19-24-16(2,3)17(4,5)25-19)12-20-21(13)14-6-8-18(9-7-14)22-10-11-23-18/h12,14H,6-11H2,1-5H3. The molecular formula is C18H29BN2O4. The summed E-state index contributed by atoms with van der Waals surface area (Å²) in [5.41, 5.74) is 1.50. The molecule has 4 rings (SSSR count). The average Bonchev–Trinajstić information content (AvgIpc) is 3.19. The zero-order valence-electron chi connectivity index (χ0n) is 16.0. The van der Waals surface area contributed by atoms with Gasteiger partial charge in [0.05, 0.1) is 30.5 Å². The molecule has 3 fully saturated rings. The van der Waals surface area contributed by atoms with Crippen LogP contribution in [0.4, 0.5) is 0 Å². The smallest absolute Gasteiger partial charge is 0.399 e. The maximum atomic E-state index is 6.19. The van der Waals surface area contributed by atoms with Crippen LogP contribution < -0.4 is 5.46 Å². The normalized spacial score (nSPS) is 28.1. The second-order valence-electron chi connectivity index (χ2n) is 8.56. The molecule has 1 aromatic rings. The molecule has 0 amide bonds. The van der Waals surface area contributed by atoms with Gasteiger partial charge < -0.3 is 18.8 Å². The van der Waals surface area contributed by atoms with E-state index in [0.717, 1.165) is 50.1 Å². The topological polar surface area (TPSA) is 54.7 Å². The first-order valence-electron chi connectivity index (χ1n) is 9.41. The summed E-state index contributed by atoms with van der Waals surface area (Å²) >= 11 is 0. The van der Waals surface area contributed by atoms with E-state index >= 15 is 0 Å². The molecule has 25 heavy (non-hydrogen) atoms. The first kappa shape index (κ1) is 17.5. The van der Waals surface area contributed by atoms with E-state index in [9.17, 15) is 0 Å². The van der Waals surface area contributed by atoms with Gasteiger partial charge in [0, 0.05) is 30.2 Å². The van der Waals surface area contributed by atoms with Crippen LogP contribution in [-0.4, -0.2) is 47.1 Å². The maximum absolute atomic E-state index is 6.19. The number of nitrogens with zero attached hydrogens (tertiary/aromatic N) is 2. The van der Waals surface area contributed by atoms with Crippen LogP contribution in [0, 0.1) is 6.92 Å². The van der Waals surface area contributed by atoms with E-state index in [1.165, 1.54) is 0 Å². The lowest BCUT2D eigenvalue weighted by Gasteiger charge is -2.35. The van der Waals surface area contributed by atoms with Crippen LogP contribution >= 0.6 is 0 Å². The molecule has 3 aliphatic rings. The van der Waals surface area contributed by atoms with Crippen LogP contribution in [-0.2, 0) is 18.8 Å². The second-order valence-corrected chi connectivity index (χ2v) is 8.56. The highest BCUT2D eigenvalue weighted by molar-refractivity contribution is 6.62. The van der Waals surface area contributed by atoms with Crippen molar-refractivity contribution in [3.05, 3.63) is 11.9 Å². The van der Waals surface area contributed by atoms with E-state index in [1.54, 1.807) is 0 Å². The Bertz CT molecular complexity index is 626. The molecule has 2 saturated heterocycles. The van der Waals surface area contributed by atoms with Gasteiger partial charge in [-0.1, -0.05) is 0 Å². The van der Waals surface area contributed by atoms with Gasteiger partial charge >= 0.3 is 7.12 Å². The van der Waals surface area contributed by atoms with Gasteiger partial charge in [-0.25, -0.2) is 0 Å². The van der Waals surface area contributed by atoms with Crippen molar-refractivity contribution in [1.29, 1.82) is 0 Å². The zero-order chi connectivity index (χ0) is 17.9. The minimum absolute atomic E-state index is 0.327. The molecule has 0 aromatic carbocycles. The molecule has 6 nitrogen and oxygen atoms in total. The van der Waals surface area contributed by atoms with Crippen LogP contribution in [0.15, 0.2) is 6.20 Å². The first-order chi connectivity index (χ1) is 11.7. The molecule has 1 aliphatic carbocycles. The van der Waals surface area contributed by atoms with Crippen molar-refractivity contribution < 1.29 is 18.8 Å². The van der Waals surface area contributed by atoms with Crippen LogP contribution in [0.3, 0.4) is 0 Å². The summed E-state index contributed by atoms with van der Waals surface area (Å²) in [7, 11) is -0.352. The molecule has 1 spiro atoms. The third-order valence-corrected chi connectivity index (χ3v) is 6.47. The van der Waals surface area contributed by atoms with Gasteiger partial charge in [-0.2, -0.15) is 5.10 Å². The van der Waals surface area contributed by atoms with E-state index in [-0.39, 0.29) is 24.1 Å². The average molecular weight is 348 g/mol. The summed E-state index contributed by atoms with van der Waals surface area (Å²) in [6.45, 7) is 11.9. The van der Waals surface area contributed by atoms with Crippen LogP contribution in [0.5, 0.6) is 0 Å². The number of ether oxygens (including phenoxy) is 2. The fourth-order valence-electron chi connectivity index (χ4n) is 4.08. The lowest BCUT2D eigenvalue weighted by molar-refractivity contribution is -0.181. The first-order valence-corrected chi connectivity index (χ1v) is 9.41. The molecule has 0 radical (unpaired) electrons. The molecule has 0 bridgehead atoms. The number of rotatable bonds is 2. The zero-order valence-corrected chi connectivity index (χ0v) is 16.0. The minimum atomic E-state index is -0.352. The summed E-state index contributed by atoms with van der Waals surface area (Å²) in [5.74, 6) is -0.327. The lowest BCUT2D eigenvalue weighted by atomic mass is 9.79.